The highest BCUT2D eigenvalue weighted by atomic mass is 32.2. The van der Waals surface area contributed by atoms with Gasteiger partial charge in [-0.15, -0.1) is 5.10 Å². The molecule has 0 aliphatic rings. The molecule has 0 saturated heterocycles. The molecule has 1 aromatic heterocycles. The molecule has 0 bridgehead atoms. The lowest BCUT2D eigenvalue weighted by molar-refractivity contribution is 0.0600. The minimum absolute atomic E-state index is 0.0699. The van der Waals surface area contributed by atoms with Gasteiger partial charge in [0.1, 0.15) is 5.82 Å². The number of methoxy groups -OCH3 is 1. The molecule has 0 atom stereocenters. The van der Waals surface area contributed by atoms with Crippen LogP contribution in [-0.2, 0) is 25.5 Å². The number of carbonyl (C=O) groups excluding carboxylic acids is 1. The molecule has 10 heteroatoms. The average Bonchev–Trinajstić information content (AvgIpc) is 3.20. The molecule has 0 radical (unpaired) electrons. The number of benzene rings is 2. The Hall–Kier alpha value is -3.11. The quantitative estimate of drug-likeness (QED) is 0.314. The highest BCUT2D eigenvalue weighted by molar-refractivity contribution is 7.86. The van der Waals surface area contributed by atoms with Crippen molar-refractivity contribution >= 4 is 16.1 Å². The molecular weight excluding hydrogens is 401 g/mol. The number of hydrogen-bond donors (Lipinski definition) is 0. The molecule has 0 amide bonds. The summed E-state index contributed by atoms with van der Waals surface area (Å²) in [5.74, 6) is -1.07. The molecule has 1 heterocycles. The molecule has 0 aliphatic heterocycles. The van der Waals surface area contributed by atoms with Crippen molar-refractivity contribution in [3.05, 3.63) is 71.8 Å². The lowest BCUT2D eigenvalue weighted by Gasteiger charge is -2.05. The third-order valence-corrected chi connectivity index (χ3v) is 5.30. The van der Waals surface area contributed by atoms with Gasteiger partial charge >= 0.3 is 5.97 Å². The Balaban J connectivity index is 1.54. The fourth-order valence-corrected chi connectivity index (χ4v) is 3.50. The largest absolute Gasteiger partial charge is 0.465 e. The first-order chi connectivity index (χ1) is 13.9. The van der Waals surface area contributed by atoms with E-state index < -0.39 is 21.9 Å². The van der Waals surface area contributed by atoms with Crippen LogP contribution < -0.4 is 0 Å². The first-order valence-electron chi connectivity index (χ1n) is 8.64. The monoisotopic (exact) mass is 419 g/mol. The fraction of sp³-hybridized carbons (Fsp3) is 0.211. The van der Waals surface area contributed by atoms with Gasteiger partial charge in [-0.2, -0.15) is 8.42 Å². The molecule has 152 valence electrons. The number of nitrogens with zero attached hydrogens (tertiary/aromatic N) is 3. The number of rotatable bonds is 8. The summed E-state index contributed by atoms with van der Waals surface area (Å²) in [6, 6.07) is 11.3. The van der Waals surface area contributed by atoms with Crippen molar-refractivity contribution in [2.45, 2.75) is 17.7 Å². The molecule has 0 N–H and O–H groups in total. The Morgan fingerprint density at radius 1 is 1.17 bits per heavy atom. The zero-order chi connectivity index (χ0) is 20.9. The topological polar surface area (TPSA) is 100 Å². The van der Waals surface area contributed by atoms with Gasteiger partial charge in [0, 0.05) is 0 Å². The van der Waals surface area contributed by atoms with Gasteiger partial charge in [0.25, 0.3) is 10.1 Å². The SMILES string of the molecule is COC(=O)c1ccc(-n2cc(CCCOS(=O)(=O)c3cccc(F)c3)nn2)cc1. The molecule has 3 aromatic rings. The number of hydrogen-bond acceptors (Lipinski definition) is 7. The second-order valence-electron chi connectivity index (χ2n) is 6.03. The van der Waals surface area contributed by atoms with Gasteiger partial charge in [-0.1, -0.05) is 11.3 Å². The number of carbonyl (C=O) groups is 1. The second-order valence-corrected chi connectivity index (χ2v) is 7.65. The average molecular weight is 419 g/mol. The van der Waals surface area contributed by atoms with Crippen LogP contribution in [0.15, 0.2) is 59.6 Å². The van der Waals surface area contributed by atoms with Crippen molar-refractivity contribution in [3.8, 4) is 5.69 Å². The third-order valence-electron chi connectivity index (χ3n) is 3.99. The van der Waals surface area contributed by atoms with Crippen molar-refractivity contribution in [2.75, 3.05) is 13.7 Å². The Labute approximate surface area is 167 Å². The van der Waals surface area contributed by atoms with Gasteiger partial charge in [0.15, 0.2) is 0 Å². The Morgan fingerprint density at radius 3 is 2.62 bits per heavy atom. The van der Waals surface area contributed by atoms with Crippen molar-refractivity contribution in [1.82, 2.24) is 15.0 Å². The van der Waals surface area contributed by atoms with E-state index >= 15 is 0 Å². The lowest BCUT2D eigenvalue weighted by Crippen LogP contribution is -2.08. The Kier molecular flexibility index (Phi) is 6.35. The fourth-order valence-electron chi connectivity index (χ4n) is 2.52. The number of halogens is 1. The third kappa shape index (κ3) is 5.24. The highest BCUT2D eigenvalue weighted by Gasteiger charge is 2.15. The summed E-state index contributed by atoms with van der Waals surface area (Å²) < 4.78 is 48.4. The molecule has 0 aliphatic carbocycles. The summed E-state index contributed by atoms with van der Waals surface area (Å²) in [7, 11) is -2.69. The standard InChI is InChI=1S/C19H18FN3O5S/c1-27-19(24)14-7-9-17(10-8-14)23-13-16(21-22-23)5-3-11-28-29(25,26)18-6-2-4-15(20)12-18/h2,4,6-10,12-13H,3,5,11H2,1H3. The number of aromatic nitrogens is 3. The first kappa shape index (κ1) is 20.6. The summed E-state index contributed by atoms with van der Waals surface area (Å²) in [4.78, 5) is 11.2. The molecule has 0 fully saturated rings. The number of ether oxygens (including phenoxy) is 1. The van der Waals surface area contributed by atoms with E-state index in [0.717, 1.165) is 12.1 Å². The number of aryl methyl sites for hydroxylation is 1. The molecule has 8 nitrogen and oxygen atoms in total. The summed E-state index contributed by atoms with van der Waals surface area (Å²) in [5.41, 5.74) is 1.78. The molecule has 2 aromatic carbocycles. The van der Waals surface area contributed by atoms with E-state index in [4.69, 9.17) is 4.18 Å². The van der Waals surface area contributed by atoms with Crippen LogP contribution >= 0.6 is 0 Å². The Bertz CT molecular complexity index is 1100. The summed E-state index contributed by atoms with van der Waals surface area (Å²) in [5, 5.41) is 8.05. The molecule has 0 saturated carbocycles. The van der Waals surface area contributed by atoms with Crippen LogP contribution in [0.5, 0.6) is 0 Å². The Morgan fingerprint density at radius 2 is 1.93 bits per heavy atom. The second kappa shape index (κ2) is 8.93. The summed E-state index contributed by atoms with van der Waals surface area (Å²) in [6.45, 7) is -0.0699. The van der Waals surface area contributed by atoms with E-state index in [0.29, 0.717) is 29.8 Å². The van der Waals surface area contributed by atoms with Crippen molar-refractivity contribution in [1.29, 1.82) is 0 Å². The van der Waals surface area contributed by atoms with Crippen LogP contribution in [0.25, 0.3) is 5.69 Å². The van der Waals surface area contributed by atoms with Crippen LogP contribution in [0, 0.1) is 5.82 Å². The molecule has 0 unspecified atom stereocenters. The van der Waals surface area contributed by atoms with Crippen LogP contribution in [-0.4, -0.2) is 43.1 Å². The van der Waals surface area contributed by atoms with E-state index in [9.17, 15) is 17.6 Å². The maximum atomic E-state index is 13.2. The number of esters is 1. The van der Waals surface area contributed by atoms with Gasteiger partial charge in [0.2, 0.25) is 0 Å². The van der Waals surface area contributed by atoms with Gasteiger partial charge in [0.05, 0.1) is 41.8 Å². The van der Waals surface area contributed by atoms with Crippen LogP contribution in [0.3, 0.4) is 0 Å². The van der Waals surface area contributed by atoms with Gasteiger partial charge in [-0.25, -0.2) is 13.9 Å². The predicted molar refractivity (Wildman–Crippen MR) is 101 cm³/mol. The minimum atomic E-state index is -4.01. The highest BCUT2D eigenvalue weighted by Crippen LogP contribution is 2.15. The maximum Gasteiger partial charge on any atom is 0.337 e. The first-order valence-corrected chi connectivity index (χ1v) is 10.0. The van der Waals surface area contributed by atoms with Crippen molar-refractivity contribution in [3.63, 3.8) is 0 Å². The van der Waals surface area contributed by atoms with Crippen molar-refractivity contribution in [2.24, 2.45) is 0 Å². The normalized spacial score (nSPS) is 11.4. The molecule has 3 rings (SSSR count). The maximum absolute atomic E-state index is 13.2. The van der Waals surface area contributed by atoms with Gasteiger partial charge < -0.3 is 4.74 Å². The van der Waals surface area contributed by atoms with Crippen LogP contribution in [0.4, 0.5) is 4.39 Å². The van der Waals surface area contributed by atoms with Crippen LogP contribution in [0.1, 0.15) is 22.5 Å². The van der Waals surface area contributed by atoms with E-state index in [1.165, 1.54) is 19.2 Å². The van der Waals surface area contributed by atoms with E-state index in [1.54, 1.807) is 35.1 Å². The van der Waals surface area contributed by atoms with E-state index in [-0.39, 0.29) is 11.5 Å². The molecular formula is C19H18FN3O5S. The van der Waals surface area contributed by atoms with Crippen molar-refractivity contribution < 1.29 is 26.5 Å². The van der Waals surface area contributed by atoms with Crippen LogP contribution in [0.2, 0.25) is 0 Å². The predicted octanol–water partition coefficient (Wildman–Crippen LogP) is 2.53. The summed E-state index contributed by atoms with van der Waals surface area (Å²) in [6.07, 6.45) is 2.53. The minimum Gasteiger partial charge on any atom is -0.465 e. The molecule has 29 heavy (non-hydrogen) atoms. The van der Waals surface area contributed by atoms with E-state index in [2.05, 4.69) is 15.0 Å². The van der Waals surface area contributed by atoms with Gasteiger partial charge in [-0.3, -0.25) is 4.18 Å². The van der Waals surface area contributed by atoms with Gasteiger partial charge in [-0.05, 0) is 55.3 Å². The smallest absolute Gasteiger partial charge is 0.337 e. The lowest BCUT2D eigenvalue weighted by atomic mass is 10.2. The van der Waals surface area contributed by atoms with E-state index in [1.807, 2.05) is 0 Å². The summed E-state index contributed by atoms with van der Waals surface area (Å²) >= 11 is 0. The molecule has 0 spiro atoms. The zero-order valence-corrected chi connectivity index (χ0v) is 16.3. The zero-order valence-electron chi connectivity index (χ0n) is 15.5.